The fourth-order valence-corrected chi connectivity index (χ4v) is 3.92. The number of aromatic nitrogens is 1. The van der Waals surface area contributed by atoms with Crippen LogP contribution in [0.25, 0.3) is 10.9 Å². The van der Waals surface area contributed by atoms with E-state index in [9.17, 15) is 10.0 Å². The van der Waals surface area contributed by atoms with Gasteiger partial charge < -0.3 is 19.4 Å². The Hall–Kier alpha value is -2.03. The number of likely N-dealkylation sites (N-methyl/N-ethyl adjacent to an activating group) is 2. The minimum absolute atomic E-state index is 0.0659. The molecular formula is C17H23BN4O3. The average Bonchev–Trinajstić information content (AvgIpc) is 3.25. The van der Waals surface area contributed by atoms with Crippen molar-refractivity contribution in [1.29, 1.82) is 0 Å². The molecule has 0 spiro atoms. The summed E-state index contributed by atoms with van der Waals surface area (Å²) in [6.45, 7) is 1.09. The van der Waals surface area contributed by atoms with Crippen molar-refractivity contribution in [3.05, 3.63) is 29.8 Å². The quantitative estimate of drug-likeness (QED) is 0.763. The molecule has 0 aliphatic carbocycles. The van der Waals surface area contributed by atoms with Crippen molar-refractivity contribution in [3.8, 4) is 0 Å². The van der Waals surface area contributed by atoms with Gasteiger partial charge in [-0.2, -0.15) is 0 Å². The van der Waals surface area contributed by atoms with E-state index in [2.05, 4.69) is 17.0 Å². The maximum absolute atomic E-state index is 9.48. The van der Waals surface area contributed by atoms with Gasteiger partial charge in [0.1, 0.15) is 0 Å². The molecule has 2 aromatic rings. The van der Waals surface area contributed by atoms with Gasteiger partial charge in [0.2, 0.25) is 12.1 Å². The summed E-state index contributed by atoms with van der Waals surface area (Å²) in [4.78, 5) is 2.33. The largest absolute Gasteiger partial charge is 0.505 e. The van der Waals surface area contributed by atoms with Crippen LogP contribution in [0, 0.1) is 0 Å². The number of fused-ring (bicyclic) bond motifs is 1. The summed E-state index contributed by atoms with van der Waals surface area (Å²) >= 11 is 0. The van der Waals surface area contributed by atoms with E-state index in [1.807, 2.05) is 37.3 Å². The number of benzene rings is 1. The van der Waals surface area contributed by atoms with Gasteiger partial charge in [-0.3, -0.25) is 9.91 Å². The molecule has 7 nitrogen and oxygen atoms in total. The molecule has 2 aliphatic heterocycles. The highest BCUT2D eigenvalue weighted by Gasteiger charge is 2.38. The van der Waals surface area contributed by atoms with E-state index in [1.165, 1.54) is 6.42 Å². The average molecular weight is 342 g/mol. The topological polar surface area (TPSA) is 73.5 Å². The predicted molar refractivity (Wildman–Crippen MR) is 97.6 cm³/mol. The molecule has 2 atom stereocenters. The van der Waals surface area contributed by atoms with Gasteiger partial charge in [-0.15, -0.1) is 5.10 Å². The van der Waals surface area contributed by atoms with Gasteiger partial charge >= 0.3 is 7.12 Å². The first-order valence-corrected chi connectivity index (χ1v) is 8.60. The molecule has 4 rings (SSSR count). The van der Waals surface area contributed by atoms with E-state index in [0.29, 0.717) is 17.5 Å². The van der Waals surface area contributed by atoms with Crippen molar-refractivity contribution in [3.63, 3.8) is 0 Å². The van der Waals surface area contributed by atoms with Crippen molar-refractivity contribution >= 4 is 29.5 Å². The summed E-state index contributed by atoms with van der Waals surface area (Å²) in [6, 6.07) is 8.03. The zero-order valence-electron chi connectivity index (χ0n) is 14.8. The monoisotopic (exact) mass is 342 g/mol. The Bertz CT molecular complexity index is 835. The van der Waals surface area contributed by atoms with Crippen molar-refractivity contribution in [2.75, 3.05) is 20.6 Å². The number of likely N-dealkylation sites (tertiary alicyclic amines) is 1. The summed E-state index contributed by atoms with van der Waals surface area (Å²) in [7, 11) is 4.41. The van der Waals surface area contributed by atoms with Gasteiger partial charge in [0.15, 0.2) is 0 Å². The first kappa shape index (κ1) is 16.4. The summed E-state index contributed by atoms with van der Waals surface area (Å²) in [5.74, 6) is 0.615. The van der Waals surface area contributed by atoms with Crippen LogP contribution in [-0.4, -0.2) is 70.4 Å². The lowest BCUT2D eigenvalue weighted by atomic mass is 9.86. The number of hydrogen-bond donors (Lipinski definition) is 2. The second-order valence-electron chi connectivity index (χ2n) is 6.95. The highest BCUT2D eigenvalue weighted by Crippen LogP contribution is 2.27. The van der Waals surface area contributed by atoms with Crippen molar-refractivity contribution < 1.29 is 14.8 Å². The van der Waals surface area contributed by atoms with Crippen molar-refractivity contribution in [2.24, 2.45) is 12.1 Å². The van der Waals surface area contributed by atoms with Crippen LogP contribution >= 0.6 is 0 Å². The molecule has 0 saturated carbocycles. The Morgan fingerprint density at radius 2 is 2.00 bits per heavy atom. The molecule has 1 saturated heterocycles. The first-order chi connectivity index (χ1) is 12.0. The van der Waals surface area contributed by atoms with E-state index < -0.39 is 7.12 Å². The van der Waals surface area contributed by atoms with E-state index in [4.69, 9.17) is 4.74 Å². The molecular weight excluding hydrogens is 319 g/mol. The molecule has 1 aromatic heterocycles. The minimum Gasteiger partial charge on any atom is -0.449 e. The number of ether oxygens (including phenoxy) is 1. The molecule has 8 heteroatoms. The Kier molecular flexibility index (Phi) is 3.98. The molecule has 0 radical (unpaired) electrons. The van der Waals surface area contributed by atoms with Gasteiger partial charge in [0.05, 0.1) is 6.04 Å². The fraction of sp³-hybridized carbons (Fsp3) is 0.471. The molecule has 1 aromatic carbocycles. The second-order valence-corrected chi connectivity index (χ2v) is 6.95. The normalized spacial score (nSPS) is 24.0. The molecule has 2 unspecified atom stereocenters. The Balaban J connectivity index is 1.63. The van der Waals surface area contributed by atoms with Gasteiger partial charge in [0.25, 0.3) is 0 Å². The Morgan fingerprint density at radius 1 is 1.20 bits per heavy atom. The molecule has 0 amide bonds. The molecule has 3 heterocycles. The van der Waals surface area contributed by atoms with Crippen LogP contribution in [0.1, 0.15) is 18.4 Å². The van der Waals surface area contributed by atoms with Crippen LogP contribution in [0.3, 0.4) is 0 Å². The smallest absolute Gasteiger partial charge is 0.449 e. The number of hydrogen-bond acceptors (Lipinski definition) is 6. The van der Waals surface area contributed by atoms with Crippen LogP contribution in [0.2, 0.25) is 0 Å². The summed E-state index contributed by atoms with van der Waals surface area (Å²) < 4.78 is 7.96. The van der Waals surface area contributed by atoms with E-state index >= 15 is 0 Å². The molecule has 132 valence electrons. The van der Waals surface area contributed by atoms with Crippen molar-refractivity contribution in [1.82, 2.24) is 14.5 Å². The van der Waals surface area contributed by atoms with Crippen LogP contribution in [-0.2, 0) is 11.8 Å². The molecule has 25 heavy (non-hydrogen) atoms. The summed E-state index contributed by atoms with van der Waals surface area (Å²) in [5.41, 5.74) is 2.29. The maximum atomic E-state index is 9.48. The maximum Gasteiger partial charge on any atom is 0.505 e. The molecule has 2 N–H and O–H groups in total. The van der Waals surface area contributed by atoms with Gasteiger partial charge in [-0.25, -0.2) is 0 Å². The third-order valence-corrected chi connectivity index (χ3v) is 5.35. The third-order valence-electron chi connectivity index (χ3n) is 5.35. The SMILES string of the molecule is CN1CCCC1C1OC(c2ccc3c(c2)cc(B(O)O)n3C)=NN1C. The molecule has 2 aliphatic rings. The number of rotatable bonds is 3. The number of hydrazone groups is 1. The summed E-state index contributed by atoms with van der Waals surface area (Å²) in [6.07, 6.45) is 2.24. The van der Waals surface area contributed by atoms with E-state index in [0.717, 1.165) is 29.4 Å². The first-order valence-electron chi connectivity index (χ1n) is 8.60. The standard InChI is InChI=1S/C17H23BN4O3/c1-20-8-4-5-14(20)17-22(3)19-16(25-17)11-6-7-13-12(9-11)10-15(18(23)24)21(13)2/h6-7,9-10,14,17,23-24H,4-5,8H2,1-3H3. The van der Waals surface area contributed by atoms with Gasteiger partial charge in [0, 0.05) is 30.8 Å². The zero-order valence-corrected chi connectivity index (χ0v) is 14.8. The van der Waals surface area contributed by atoms with Crippen molar-refractivity contribution in [2.45, 2.75) is 25.1 Å². The Morgan fingerprint density at radius 3 is 2.68 bits per heavy atom. The molecule has 1 fully saturated rings. The van der Waals surface area contributed by atoms with Crippen LogP contribution in [0.4, 0.5) is 0 Å². The molecule has 0 bridgehead atoms. The van der Waals surface area contributed by atoms with E-state index in [1.54, 1.807) is 10.6 Å². The van der Waals surface area contributed by atoms with Crippen LogP contribution < -0.4 is 5.59 Å². The van der Waals surface area contributed by atoms with Gasteiger partial charge in [-0.1, -0.05) is 0 Å². The fourth-order valence-electron chi connectivity index (χ4n) is 3.92. The van der Waals surface area contributed by atoms with Crippen LogP contribution in [0.15, 0.2) is 29.4 Å². The number of aryl methyl sites for hydroxylation is 1. The lowest BCUT2D eigenvalue weighted by Crippen LogP contribution is -2.43. The van der Waals surface area contributed by atoms with Gasteiger partial charge in [-0.05, 0) is 56.1 Å². The lowest BCUT2D eigenvalue weighted by molar-refractivity contribution is 0.0124. The zero-order chi connectivity index (χ0) is 17.7. The van der Waals surface area contributed by atoms with Crippen LogP contribution in [0.5, 0.6) is 0 Å². The highest BCUT2D eigenvalue weighted by atomic mass is 16.5. The second kappa shape index (κ2) is 6.05. The number of nitrogens with zero attached hydrogens (tertiary/aromatic N) is 4. The van der Waals surface area contributed by atoms with E-state index in [-0.39, 0.29) is 6.23 Å². The summed E-state index contributed by atoms with van der Waals surface area (Å²) in [5, 5.41) is 26.4. The lowest BCUT2D eigenvalue weighted by Gasteiger charge is -2.28. The minimum atomic E-state index is -1.49. The third kappa shape index (κ3) is 2.70. The predicted octanol–water partition coefficient (Wildman–Crippen LogP) is -0.0980. The highest BCUT2D eigenvalue weighted by molar-refractivity contribution is 6.58. The Labute approximate surface area is 147 Å².